The summed E-state index contributed by atoms with van der Waals surface area (Å²) in [5, 5.41) is 10.3. The van der Waals surface area contributed by atoms with E-state index in [4.69, 9.17) is 27.2 Å². The number of hydrogen-bond donors (Lipinski definition) is 1. The van der Waals surface area contributed by atoms with Gasteiger partial charge in [-0.25, -0.2) is 19.3 Å². The molecule has 12 heteroatoms. The summed E-state index contributed by atoms with van der Waals surface area (Å²) >= 11 is 6.80. The summed E-state index contributed by atoms with van der Waals surface area (Å²) in [6.07, 6.45) is 6.53. The van der Waals surface area contributed by atoms with Gasteiger partial charge in [-0.1, -0.05) is 17.7 Å². The van der Waals surface area contributed by atoms with Crippen LogP contribution in [0.15, 0.2) is 49.2 Å². The molecule has 0 spiro atoms. The number of ether oxygens (including phenoxy) is 1. The van der Waals surface area contributed by atoms with E-state index < -0.39 is 0 Å². The fourth-order valence-corrected chi connectivity index (χ4v) is 4.74. The minimum atomic E-state index is -0.368. The Kier molecular flexibility index (Phi) is 6.92. The van der Waals surface area contributed by atoms with Gasteiger partial charge >= 0.3 is 0 Å². The molecule has 1 aromatic carbocycles. The molecule has 0 aliphatic heterocycles. The normalized spacial score (nSPS) is 12.1. The van der Waals surface area contributed by atoms with Crippen molar-refractivity contribution in [2.45, 2.75) is 26.8 Å². The van der Waals surface area contributed by atoms with Crippen LogP contribution in [0.25, 0.3) is 28.0 Å². The van der Waals surface area contributed by atoms with Gasteiger partial charge in [-0.05, 0) is 44.5 Å². The summed E-state index contributed by atoms with van der Waals surface area (Å²) < 4.78 is 9.66. The van der Waals surface area contributed by atoms with Crippen molar-refractivity contribution < 1.29 is 9.53 Å². The van der Waals surface area contributed by atoms with Gasteiger partial charge in [0.15, 0.2) is 11.5 Å². The molecule has 5 rings (SSSR count). The highest BCUT2D eigenvalue weighted by Gasteiger charge is 2.27. The number of nitrogen functional groups attached to an aromatic ring is 1. The summed E-state index contributed by atoms with van der Waals surface area (Å²) in [7, 11) is 3.38. The topological polar surface area (TPSA) is 130 Å². The number of carbonyl (C=O) groups excluding carboxylic acids is 1. The molecule has 0 saturated carbocycles. The van der Waals surface area contributed by atoms with Crippen LogP contribution in [0.4, 0.5) is 5.82 Å². The van der Waals surface area contributed by atoms with E-state index in [1.807, 2.05) is 32.9 Å². The van der Waals surface area contributed by atoms with Crippen molar-refractivity contribution in [1.29, 1.82) is 0 Å². The zero-order valence-electron chi connectivity index (χ0n) is 22.3. The summed E-state index contributed by atoms with van der Waals surface area (Å²) in [5.74, 6) is 1.28. The maximum Gasteiger partial charge on any atom is 0.271 e. The van der Waals surface area contributed by atoms with Crippen molar-refractivity contribution >= 4 is 34.4 Å². The van der Waals surface area contributed by atoms with Crippen LogP contribution in [-0.4, -0.2) is 66.0 Å². The fraction of sp³-hybridized carbons (Fsp3) is 0.259. The van der Waals surface area contributed by atoms with Gasteiger partial charge in [0.2, 0.25) is 0 Å². The van der Waals surface area contributed by atoms with Gasteiger partial charge in [-0.15, -0.1) is 5.10 Å². The van der Waals surface area contributed by atoms with Gasteiger partial charge in [0.25, 0.3) is 5.91 Å². The highest BCUT2D eigenvalue weighted by molar-refractivity contribution is 6.32. The van der Waals surface area contributed by atoms with Gasteiger partial charge in [-0.2, -0.15) is 5.10 Å². The minimum absolute atomic E-state index is 0.177. The summed E-state index contributed by atoms with van der Waals surface area (Å²) in [4.78, 5) is 27.0. The minimum Gasteiger partial charge on any atom is -0.493 e. The van der Waals surface area contributed by atoms with Crippen LogP contribution in [-0.2, 0) is 0 Å². The number of rotatable bonds is 7. The quantitative estimate of drug-likeness (QED) is 0.320. The first-order valence-electron chi connectivity index (χ1n) is 12.3. The average molecular weight is 546 g/mol. The molecule has 0 aliphatic rings. The zero-order valence-corrected chi connectivity index (χ0v) is 23.0. The number of hydrogen-bond acceptors (Lipinski definition) is 8. The van der Waals surface area contributed by atoms with Crippen LogP contribution in [0.5, 0.6) is 5.75 Å². The largest absolute Gasteiger partial charge is 0.493 e. The van der Waals surface area contributed by atoms with Crippen LogP contribution >= 0.6 is 11.6 Å². The van der Waals surface area contributed by atoms with Gasteiger partial charge in [0, 0.05) is 54.4 Å². The number of anilines is 1. The first kappa shape index (κ1) is 26.1. The third-order valence-electron chi connectivity index (χ3n) is 6.51. The highest BCUT2D eigenvalue weighted by atomic mass is 35.5. The van der Waals surface area contributed by atoms with Crippen molar-refractivity contribution in [1.82, 2.24) is 39.4 Å². The second kappa shape index (κ2) is 10.3. The van der Waals surface area contributed by atoms with E-state index in [2.05, 4.69) is 20.1 Å². The van der Waals surface area contributed by atoms with Crippen molar-refractivity contribution in [2.75, 3.05) is 26.4 Å². The van der Waals surface area contributed by atoms with E-state index in [-0.39, 0.29) is 11.9 Å². The Labute approximate surface area is 230 Å². The monoisotopic (exact) mass is 545 g/mol. The van der Waals surface area contributed by atoms with E-state index >= 15 is 0 Å². The SMILES string of the molecule is CCOc1c(C(C)n2nc(-n3cccn3)c3c(N)ncnc32)cc(Cl)c(C)c1-c1ccc(C(=O)N(C)C)nc1. The molecule has 0 aliphatic carbocycles. The molecular formula is C27H28ClN9O2. The molecule has 0 bridgehead atoms. The van der Waals surface area contributed by atoms with Gasteiger partial charge in [0.05, 0.1) is 12.6 Å². The fourth-order valence-electron chi connectivity index (χ4n) is 4.53. The number of aromatic nitrogens is 7. The summed E-state index contributed by atoms with van der Waals surface area (Å²) in [6, 6.07) is 6.88. The molecule has 2 N–H and O–H groups in total. The lowest BCUT2D eigenvalue weighted by atomic mass is 9.94. The number of amides is 1. The Morgan fingerprint density at radius 2 is 2.03 bits per heavy atom. The second-order valence-corrected chi connectivity index (χ2v) is 9.60. The number of halogens is 1. The zero-order chi connectivity index (χ0) is 27.8. The molecule has 5 aromatic rings. The van der Waals surface area contributed by atoms with E-state index in [1.54, 1.807) is 54.2 Å². The van der Waals surface area contributed by atoms with Crippen molar-refractivity contribution in [3.05, 3.63) is 71.0 Å². The smallest absolute Gasteiger partial charge is 0.271 e. The number of carbonyl (C=O) groups is 1. The molecule has 0 radical (unpaired) electrons. The Morgan fingerprint density at radius 1 is 1.23 bits per heavy atom. The van der Waals surface area contributed by atoms with Crippen LogP contribution in [0.1, 0.15) is 41.5 Å². The van der Waals surface area contributed by atoms with Crippen LogP contribution in [0.2, 0.25) is 5.02 Å². The van der Waals surface area contributed by atoms with E-state index in [1.165, 1.54) is 11.2 Å². The predicted octanol–water partition coefficient (Wildman–Crippen LogP) is 4.33. The average Bonchev–Trinajstić information content (AvgIpc) is 3.59. The molecule has 39 heavy (non-hydrogen) atoms. The lowest BCUT2D eigenvalue weighted by Crippen LogP contribution is -2.22. The standard InChI is InChI=1S/C27H28ClN9O2/c1-6-39-23-18(12-19(28)15(2)21(23)17-8-9-20(30-13-17)27(38)35(4)5)16(3)37-25-22(24(29)31-14-32-25)26(34-37)36-11-7-10-33-36/h7-14,16H,6H2,1-5H3,(H2,29,31,32). The molecule has 1 amide bonds. The van der Waals surface area contributed by atoms with Crippen molar-refractivity contribution in [3.63, 3.8) is 0 Å². The molecule has 0 fully saturated rings. The lowest BCUT2D eigenvalue weighted by molar-refractivity contribution is 0.0822. The predicted molar refractivity (Wildman–Crippen MR) is 149 cm³/mol. The van der Waals surface area contributed by atoms with E-state index in [9.17, 15) is 4.79 Å². The Hall–Kier alpha value is -4.51. The first-order valence-corrected chi connectivity index (χ1v) is 12.7. The number of pyridine rings is 1. The van der Waals surface area contributed by atoms with E-state index in [0.29, 0.717) is 45.7 Å². The Balaban J connectivity index is 1.70. The molecule has 0 saturated heterocycles. The van der Waals surface area contributed by atoms with Gasteiger partial charge < -0.3 is 15.4 Å². The molecule has 4 heterocycles. The maximum atomic E-state index is 12.4. The number of fused-ring (bicyclic) bond motifs is 1. The van der Waals surface area contributed by atoms with Crippen molar-refractivity contribution in [2.24, 2.45) is 0 Å². The summed E-state index contributed by atoms with van der Waals surface area (Å²) in [5.41, 5.74) is 10.4. The molecular weight excluding hydrogens is 518 g/mol. The molecule has 1 atom stereocenters. The van der Waals surface area contributed by atoms with Crippen LogP contribution < -0.4 is 10.5 Å². The van der Waals surface area contributed by atoms with Crippen LogP contribution in [0, 0.1) is 6.92 Å². The third-order valence-corrected chi connectivity index (χ3v) is 6.90. The lowest BCUT2D eigenvalue weighted by Gasteiger charge is -2.23. The summed E-state index contributed by atoms with van der Waals surface area (Å²) in [6.45, 7) is 6.26. The molecule has 4 aromatic heterocycles. The first-order chi connectivity index (χ1) is 18.7. The maximum absolute atomic E-state index is 12.4. The Bertz CT molecular complexity index is 1660. The highest BCUT2D eigenvalue weighted by Crippen LogP contribution is 2.43. The number of nitrogens with zero attached hydrogens (tertiary/aromatic N) is 8. The molecule has 11 nitrogen and oxygen atoms in total. The number of nitrogens with two attached hydrogens (primary N) is 1. The third kappa shape index (κ3) is 4.54. The van der Waals surface area contributed by atoms with Gasteiger partial charge in [0.1, 0.15) is 29.0 Å². The van der Waals surface area contributed by atoms with Crippen molar-refractivity contribution in [3.8, 4) is 22.7 Å². The number of benzene rings is 1. The Morgan fingerprint density at radius 3 is 2.67 bits per heavy atom. The second-order valence-electron chi connectivity index (χ2n) is 9.19. The van der Waals surface area contributed by atoms with Crippen LogP contribution in [0.3, 0.4) is 0 Å². The molecule has 1 unspecified atom stereocenters. The molecule has 200 valence electrons. The van der Waals surface area contributed by atoms with Gasteiger partial charge in [-0.3, -0.25) is 9.78 Å². The van der Waals surface area contributed by atoms with E-state index in [0.717, 1.165) is 22.3 Å².